The monoisotopic (exact) mass is 188 g/mol. The highest BCUT2D eigenvalue weighted by Gasteiger charge is 2.11. The molecule has 0 heterocycles. The van der Waals surface area contributed by atoms with Crippen LogP contribution in [-0.4, -0.2) is 19.5 Å². The summed E-state index contributed by atoms with van der Waals surface area (Å²) in [6.07, 6.45) is 0.980. The summed E-state index contributed by atoms with van der Waals surface area (Å²) in [4.78, 5) is 0. The van der Waals surface area contributed by atoms with Crippen LogP contribution in [0.15, 0.2) is 0 Å². The lowest BCUT2D eigenvalue weighted by atomic mass is 10.1. The Kier molecular flexibility index (Phi) is 7.29. The van der Waals surface area contributed by atoms with E-state index >= 15 is 0 Å². The largest absolute Gasteiger partial charge is 0.353 e. The van der Waals surface area contributed by atoms with Gasteiger partial charge < -0.3 is 9.47 Å². The van der Waals surface area contributed by atoms with Gasteiger partial charge in [0.25, 0.3) is 0 Å². The van der Waals surface area contributed by atoms with Crippen LogP contribution in [0.1, 0.15) is 41.0 Å². The summed E-state index contributed by atoms with van der Waals surface area (Å²) in [6.45, 7) is 12.2. The third kappa shape index (κ3) is 8.26. The molecule has 0 aromatic carbocycles. The number of rotatable bonds is 7. The molecule has 2 heteroatoms. The lowest BCUT2D eigenvalue weighted by Gasteiger charge is -2.20. The molecular weight excluding hydrogens is 164 g/mol. The Balaban J connectivity index is 3.66. The second kappa shape index (κ2) is 7.34. The topological polar surface area (TPSA) is 18.5 Å². The molecule has 1 unspecified atom stereocenters. The van der Waals surface area contributed by atoms with Gasteiger partial charge in [0.1, 0.15) is 0 Å². The molecular formula is C11H24O2. The van der Waals surface area contributed by atoms with Crippen LogP contribution in [0.25, 0.3) is 0 Å². The van der Waals surface area contributed by atoms with Gasteiger partial charge in [0.15, 0.2) is 6.29 Å². The SMILES string of the molecule is CCOC(CC(C)C)OCC(C)C. The minimum absolute atomic E-state index is 0.00704. The predicted molar refractivity (Wildman–Crippen MR) is 55.7 cm³/mol. The van der Waals surface area contributed by atoms with Gasteiger partial charge in [-0.3, -0.25) is 0 Å². The summed E-state index contributed by atoms with van der Waals surface area (Å²) < 4.78 is 11.1. The molecule has 0 saturated heterocycles. The first-order chi connectivity index (χ1) is 6.06. The molecule has 0 aliphatic heterocycles. The Morgan fingerprint density at radius 3 is 1.92 bits per heavy atom. The van der Waals surface area contributed by atoms with Crippen molar-refractivity contribution in [2.75, 3.05) is 13.2 Å². The molecule has 0 amide bonds. The first-order valence-corrected chi connectivity index (χ1v) is 5.29. The molecule has 2 nitrogen and oxygen atoms in total. The van der Waals surface area contributed by atoms with E-state index in [-0.39, 0.29) is 6.29 Å². The average molecular weight is 188 g/mol. The summed E-state index contributed by atoms with van der Waals surface area (Å²) in [5.74, 6) is 1.21. The fourth-order valence-corrected chi connectivity index (χ4v) is 1.05. The average Bonchev–Trinajstić information content (AvgIpc) is 1.99. The molecule has 0 bridgehead atoms. The van der Waals surface area contributed by atoms with Crippen molar-refractivity contribution in [1.82, 2.24) is 0 Å². The Morgan fingerprint density at radius 2 is 1.54 bits per heavy atom. The van der Waals surface area contributed by atoms with E-state index < -0.39 is 0 Å². The van der Waals surface area contributed by atoms with Crippen LogP contribution in [0, 0.1) is 11.8 Å². The fraction of sp³-hybridized carbons (Fsp3) is 1.00. The summed E-state index contributed by atoms with van der Waals surface area (Å²) in [5, 5.41) is 0. The van der Waals surface area contributed by atoms with Gasteiger partial charge in [0.05, 0.1) is 6.61 Å². The lowest BCUT2D eigenvalue weighted by Crippen LogP contribution is -2.21. The summed E-state index contributed by atoms with van der Waals surface area (Å²) >= 11 is 0. The second-order valence-electron chi connectivity index (χ2n) is 4.24. The first kappa shape index (κ1) is 12.9. The third-order valence-corrected chi connectivity index (χ3v) is 1.63. The van der Waals surface area contributed by atoms with Crippen LogP contribution in [0.2, 0.25) is 0 Å². The lowest BCUT2D eigenvalue weighted by molar-refractivity contribution is -0.153. The van der Waals surface area contributed by atoms with Crippen molar-refractivity contribution in [2.24, 2.45) is 11.8 Å². The highest BCUT2D eigenvalue weighted by Crippen LogP contribution is 2.10. The van der Waals surface area contributed by atoms with Crippen molar-refractivity contribution < 1.29 is 9.47 Å². The van der Waals surface area contributed by atoms with Crippen LogP contribution in [0.5, 0.6) is 0 Å². The highest BCUT2D eigenvalue weighted by atomic mass is 16.7. The summed E-state index contributed by atoms with van der Waals surface area (Å²) in [5.41, 5.74) is 0. The van der Waals surface area contributed by atoms with E-state index in [2.05, 4.69) is 27.7 Å². The van der Waals surface area contributed by atoms with Gasteiger partial charge in [0, 0.05) is 13.0 Å². The second-order valence-corrected chi connectivity index (χ2v) is 4.24. The molecule has 0 saturated carbocycles. The van der Waals surface area contributed by atoms with Crippen molar-refractivity contribution in [3.8, 4) is 0 Å². The molecule has 0 aromatic rings. The predicted octanol–water partition coefficient (Wildman–Crippen LogP) is 3.07. The third-order valence-electron chi connectivity index (χ3n) is 1.63. The molecule has 80 valence electrons. The molecule has 0 rings (SSSR count). The maximum Gasteiger partial charge on any atom is 0.157 e. The quantitative estimate of drug-likeness (QED) is 0.572. The number of ether oxygens (including phenoxy) is 2. The molecule has 0 radical (unpaired) electrons. The van der Waals surface area contributed by atoms with Gasteiger partial charge in [-0.05, 0) is 18.8 Å². The van der Waals surface area contributed by atoms with Gasteiger partial charge in [-0.25, -0.2) is 0 Å². The van der Waals surface area contributed by atoms with E-state index in [4.69, 9.17) is 9.47 Å². The van der Waals surface area contributed by atoms with Crippen LogP contribution < -0.4 is 0 Å². The Bertz CT molecular complexity index is 111. The first-order valence-electron chi connectivity index (χ1n) is 5.29. The van der Waals surface area contributed by atoms with Crippen molar-refractivity contribution in [3.05, 3.63) is 0 Å². The molecule has 0 aliphatic rings. The van der Waals surface area contributed by atoms with Gasteiger partial charge in [-0.1, -0.05) is 27.7 Å². The van der Waals surface area contributed by atoms with E-state index in [1.807, 2.05) is 6.92 Å². The zero-order chi connectivity index (χ0) is 10.3. The van der Waals surface area contributed by atoms with Crippen molar-refractivity contribution in [2.45, 2.75) is 47.3 Å². The number of hydrogen-bond donors (Lipinski definition) is 0. The standard InChI is InChI=1S/C11H24O2/c1-6-12-11(7-9(2)3)13-8-10(4)5/h9-11H,6-8H2,1-5H3. The minimum Gasteiger partial charge on any atom is -0.353 e. The van der Waals surface area contributed by atoms with Crippen LogP contribution in [0.4, 0.5) is 0 Å². The highest BCUT2D eigenvalue weighted by molar-refractivity contribution is 4.51. The van der Waals surface area contributed by atoms with Gasteiger partial charge in [0.2, 0.25) is 0 Å². The van der Waals surface area contributed by atoms with Crippen molar-refractivity contribution in [3.63, 3.8) is 0 Å². The molecule has 13 heavy (non-hydrogen) atoms. The molecule has 0 N–H and O–H groups in total. The van der Waals surface area contributed by atoms with Crippen molar-refractivity contribution in [1.29, 1.82) is 0 Å². The Hall–Kier alpha value is -0.0800. The van der Waals surface area contributed by atoms with Crippen molar-refractivity contribution >= 4 is 0 Å². The normalized spacial score (nSPS) is 14.1. The molecule has 0 aliphatic carbocycles. The Labute approximate surface area is 82.6 Å². The van der Waals surface area contributed by atoms with Crippen LogP contribution in [-0.2, 0) is 9.47 Å². The van der Waals surface area contributed by atoms with Crippen LogP contribution in [0.3, 0.4) is 0 Å². The molecule has 0 spiro atoms. The van der Waals surface area contributed by atoms with Crippen LogP contribution >= 0.6 is 0 Å². The zero-order valence-electron chi connectivity index (χ0n) is 9.67. The smallest absolute Gasteiger partial charge is 0.157 e. The van der Waals surface area contributed by atoms with E-state index in [1.54, 1.807) is 0 Å². The van der Waals surface area contributed by atoms with E-state index in [0.717, 1.165) is 19.6 Å². The Morgan fingerprint density at radius 1 is 0.923 bits per heavy atom. The van der Waals surface area contributed by atoms with E-state index in [1.165, 1.54) is 0 Å². The van der Waals surface area contributed by atoms with Gasteiger partial charge >= 0.3 is 0 Å². The maximum absolute atomic E-state index is 5.63. The summed E-state index contributed by atoms with van der Waals surface area (Å²) in [7, 11) is 0. The molecule has 1 atom stereocenters. The fourth-order valence-electron chi connectivity index (χ4n) is 1.05. The van der Waals surface area contributed by atoms with Gasteiger partial charge in [-0.15, -0.1) is 0 Å². The van der Waals surface area contributed by atoms with Gasteiger partial charge in [-0.2, -0.15) is 0 Å². The maximum atomic E-state index is 5.63. The van der Waals surface area contributed by atoms with E-state index in [0.29, 0.717) is 11.8 Å². The minimum atomic E-state index is -0.00704. The molecule has 0 aromatic heterocycles. The molecule has 0 fully saturated rings. The number of hydrogen-bond acceptors (Lipinski definition) is 2. The zero-order valence-corrected chi connectivity index (χ0v) is 9.67. The van der Waals surface area contributed by atoms with E-state index in [9.17, 15) is 0 Å². The summed E-state index contributed by atoms with van der Waals surface area (Å²) in [6, 6.07) is 0.